The number of carbonyl (C=O) groups is 3. The normalized spacial score (nSPS) is 50.0. The van der Waals surface area contributed by atoms with Crippen LogP contribution in [-0.4, -0.2) is 24.6 Å². The molecule has 37 heavy (non-hydrogen) atoms. The predicted molar refractivity (Wildman–Crippen MR) is 141 cm³/mol. The van der Waals surface area contributed by atoms with Gasteiger partial charge in [-0.15, -0.1) is 0 Å². The van der Waals surface area contributed by atoms with Crippen molar-refractivity contribution >= 4 is 17.5 Å². The molecular weight excluding hydrogens is 462 g/mol. The second-order valence-corrected chi connectivity index (χ2v) is 15.7. The van der Waals surface area contributed by atoms with Gasteiger partial charge < -0.3 is 4.74 Å². The fourth-order valence-corrected chi connectivity index (χ4v) is 11.4. The maximum atomic E-state index is 14.5. The Bertz CT molecular complexity index is 1080. The van der Waals surface area contributed by atoms with Crippen LogP contribution in [0.2, 0.25) is 0 Å². The number of ether oxygens (including phenoxy) is 1. The number of rotatable bonds is 1. The van der Waals surface area contributed by atoms with E-state index < -0.39 is 16.7 Å². The summed E-state index contributed by atoms with van der Waals surface area (Å²) in [5, 5.41) is 9.95. The summed E-state index contributed by atoms with van der Waals surface area (Å²) < 4.78 is 5.43. The highest BCUT2D eigenvalue weighted by atomic mass is 16.5. The molecule has 0 heterocycles. The number of hydrogen-bond acceptors (Lipinski definition) is 5. The molecule has 0 N–H and O–H groups in total. The largest absolute Gasteiger partial charge is 0.469 e. The Balaban J connectivity index is 1.61. The number of nitrogens with zero attached hydrogens (tertiary/aromatic N) is 1. The topological polar surface area (TPSA) is 84.2 Å². The summed E-state index contributed by atoms with van der Waals surface area (Å²) in [6, 6.07) is 2.34. The first-order chi connectivity index (χ1) is 17.0. The minimum atomic E-state index is -0.600. The first-order valence-electron chi connectivity index (χ1n) is 14.6. The molecule has 5 heteroatoms. The number of esters is 1. The van der Waals surface area contributed by atoms with Crippen molar-refractivity contribution in [3.63, 3.8) is 0 Å². The number of methoxy groups -OCH3 is 1. The molecule has 5 rings (SSSR count). The summed E-state index contributed by atoms with van der Waals surface area (Å²) >= 11 is 0. The van der Waals surface area contributed by atoms with E-state index in [-0.39, 0.29) is 57.1 Å². The van der Waals surface area contributed by atoms with E-state index >= 15 is 0 Å². The van der Waals surface area contributed by atoms with Gasteiger partial charge in [0.15, 0.2) is 5.78 Å². The fourth-order valence-electron chi connectivity index (χ4n) is 11.4. The Morgan fingerprint density at radius 2 is 1.54 bits per heavy atom. The number of carbonyl (C=O) groups excluding carboxylic acids is 3. The molecular formula is C32H47NO4. The Kier molecular flexibility index (Phi) is 5.76. The molecule has 5 aliphatic rings. The molecule has 0 bridgehead atoms. The zero-order chi connectivity index (χ0) is 27.4. The maximum Gasteiger partial charge on any atom is 0.312 e. The van der Waals surface area contributed by atoms with Crippen LogP contribution in [0.15, 0.2) is 0 Å². The van der Waals surface area contributed by atoms with E-state index in [2.05, 4.69) is 40.7 Å². The SMILES string of the molecule is COC(=O)[C@]12CCC(C)(C)C[C@H]1[C@H]1C(=O)C[C@@H]3[C@@]4(C)CC(C#N)C(=O)C(C)(C)[C@@H]4CC[C@@]3(C)[C@]1(C)CC2. The Hall–Kier alpha value is -1.70. The second kappa shape index (κ2) is 7.92. The smallest absolute Gasteiger partial charge is 0.312 e. The van der Waals surface area contributed by atoms with Crippen molar-refractivity contribution < 1.29 is 19.1 Å². The molecule has 0 amide bonds. The molecule has 0 radical (unpaired) electrons. The summed E-state index contributed by atoms with van der Waals surface area (Å²) in [4.78, 5) is 41.1. The highest BCUT2D eigenvalue weighted by Gasteiger charge is 2.73. The summed E-state index contributed by atoms with van der Waals surface area (Å²) in [6.45, 7) is 15.7. The first kappa shape index (κ1) is 26.9. The van der Waals surface area contributed by atoms with Gasteiger partial charge in [0.25, 0.3) is 0 Å². The van der Waals surface area contributed by atoms with E-state index in [0.29, 0.717) is 18.6 Å². The van der Waals surface area contributed by atoms with E-state index in [1.807, 2.05) is 13.8 Å². The fraction of sp³-hybridized carbons (Fsp3) is 0.875. The third kappa shape index (κ3) is 3.23. The zero-order valence-corrected chi connectivity index (χ0v) is 24.3. The van der Waals surface area contributed by atoms with Crippen LogP contribution < -0.4 is 0 Å². The van der Waals surface area contributed by atoms with Gasteiger partial charge in [0.1, 0.15) is 11.7 Å². The molecule has 1 unspecified atom stereocenters. The molecule has 5 saturated carbocycles. The number of hydrogen-bond donors (Lipinski definition) is 0. The van der Waals surface area contributed by atoms with Crippen LogP contribution in [0.1, 0.15) is 106 Å². The number of nitriles is 1. The maximum absolute atomic E-state index is 14.5. The van der Waals surface area contributed by atoms with Crippen LogP contribution in [0.3, 0.4) is 0 Å². The highest BCUT2D eigenvalue weighted by Crippen LogP contribution is 2.76. The lowest BCUT2D eigenvalue weighted by Crippen LogP contribution is -2.70. The summed E-state index contributed by atoms with van der Waals surface area (Å²) in [5.74, 6) is -0.150. The predicted octanol–water partition coefficient (Wildman–Crippen LogP) is 6.54. The summed E-state index contributed by atoms with van der Waals surface area (Å²) in [7, 11) is 1.50. The molecule has 9 atom stereocenters. The van der Waals surface area contributed by atoms with Gasteiger partial charge in [0.2, 0.25) is 0 Å². The Morgan fingerprint density at radius 3 is 2.16 bits per heavy atom. The minimum absolute atomic E-state index is 0.00878. The van der Waals surface area contributed by atoms with Crippen LogP contribution in [0.25, 0.3) is 0 Å². The highest BCUT2D eigenvalue weighted by molar-refractivity contribution is 5.90. The Labute approximate surface area is 223 Å². The second-order valence-electron chi connectivity index (χ2n) is 15.7. The van der Waals surface area contributed by atoms with E-state index in [4.69, 9.17) is 4.74 Å². The van der Waals surface area contributed by atoms with Crippen LogP contribution in [0.5, 0.6) is 0 Å². The van der Waals surface area contributed by atoms with Crippen molar-refractivity contribution in [3.05, 3.63) is 0 Å². The van der Waals surface area contributed by atoms with Crippen molar-refractivity contribution in [2.24, 2.45) is 62.1 Å². The third-order valence-electron chi connectivity index (χ3n) is 13.5. The molecule has 5 fully saturated rings. The van der Waals surface area contributed by atoms with Gasteiger partial charge in [-0.2, -0.15) is 5.26 Å². The number of ketones is 2. The van der Waals surface area contributed by atoms with E-state index in [1.54, 1.807) is 0 Å². The summed E-state index contributed by atoms with van der Waals surface area (Å²) in [5.41, 5.74) is -1.57. The van der Waals surface area contributed by atoms with Crippen molar-refractivity contribution in [3.8, 4) is 6.07 Å². The van der Waals surface area contributed by atoms with Crippen LogP contribution in [0, 0.1) is 73.4 Å². The van der Waals surface area contributed by atoms with Crippen LogP contribution in [0.4, 0.5) is 0 Å². The molecule has 0 saturated heterocycles. The van der Waals surface area contributed by atoms with E-state index in [1.165, 1.54) is 7.11 Å². The molecule has 5 aliphatic carbocycles. The Morgan fingerprint density at radius 1 is 0.892 bits per heavy atom. The minimum Gasteiger partial charge on any atom is -0.469 e. The third-order valence-corrected chi connectivity index (χ3v) is 13.5. The van der Waals surface area contributed by atoms with Gasteiger partial charge in [-0.3, -0.25) is 14.4 Å². The lowest BCUT2D eigenvalue weighted by Gasteiger charge is -2.72. The van der Waals surface area contributed by atoms with Gasteiger partial charge >= 0.3 is 5.97 Å². The molecule has 5 nitrogen and oxygen atoms in total. The number of Topliss-reactive ketones (excluding diaryl/α,β-unsaturated/α-hetero) is 2. The lowest BCUT2D eigenvalue weighted by molar-refractivity contribution is -0.237. The monoisotopic (exact) mass is 509 g/mol. The van der Waals surface area contributed by atoms with Crippen LogP contribution >= 0.6 is 0 Å². The van der Waals surface area contributed by atoms with Gasteiger partial charge in [-0.05, 0) is 90.8 Å². The van der Waals surface area contributed by atoms with E-state index in [9.17, 15) is 19.6 Å². The van der Waals surface area contributed by atoms with Crippen molar-refractivity contribution in [1.82, 2.24) is 0 Å². The molecule has 0 aromatic heterocycles. The quantitative estimate of drug-likeness (QED) is 0.375. The lowest BCUT2D eigenvalue weighted by atomic mass is 9.31. The van der Waals surface area contributed by atoms with Crippen molar-refractivity contribution in [1.29, 1.82) is 5.26 Å². The average Bonchev–Trinajstić information content (AvgIpc) is 2.82. The molecule has 0 aromatic rings. The molecule has 0 aromatic carbocycles. The first-order valence-corrected chi connectivity index (χ1v) is 14.6. The average molecular weight is 510 g/mol. The van der Waals surface area contributed by atoms with Gasteiger partial charge in [0, 0.05) is 17.8 Å². The molecule has 204 valence electrons. The summed E-state index contributed by atoms with van der Waals surface area (Å²) in [6.07, 6.45) is 7.32. The van der Waals surface area contributed by atoms with Gasteiger partial charge in [-0.25, -0.2) is 0 Å². The molecule has 0 aliphatic heterocycles. The van der Waals surface area contributed by atoms with Gasteiger partial charge in [0.05, 0.1) is 18.6 Å². The number of fused-ring (bicyclic) bond motifs is 7. The van der Waals surface area contributed by atoms with Crippen molar-refractivity contribution in [2.45, 2.75) is 106 Å². The zero-order valence-electron chi connectivity index (χ0n) is 24.3. The van der Waals surface area contributed by atoms with Crippen molar-refractivity contribution in [2.75, 3.05) is 7.11 Å². The van der Waals surface area contributed by atoms with Gasteiger partial charge in [-0.1, -0.05) is 48.5 Å². The molecule has 0 spiro atoms. The standard InChI is InChI=1S/C32H47NO4/c1-27(2)11-13-32(26(36)37-8)14-12-31(7)24(20(32)17-27)21(34)15-23-29(5)16-19(18-33)25(35)28(3,4)22(29)9-10-30(23,31)6/h19-20,22-24H,9-17H2,1-8H3/t19?,20-,22-,23+,24-,29-,30+,31+,32-/m0/s1. The van der Waals surface area contributed by atoms with Crippen LogP contribution in [-0.2, 0) is 19.1 Å². The van der Waals surface area contributed by atoms with E-state index in [0.717, 1.165) is 44.9 Å².